The Balaban J connectivity index is 1.39. The van der Waals surface area contributed by atoms with Crippen molar-refractivity contribution in [1.29, 1.82) is 0 Å². The number of amides is 1. The van der Waals surface area contributed by atoms with Crippen molar-refractivity contribution >= 4 is 46.6 Å². The number of benzene rings is 2. The van der Waals surface area contributed by atoms with Crippen molar-refractivity contribution in [3.05, 3.63) is 82.3 Å². The molecule has 5 rings (SSSR count). The quantitative estimate of drug-likeness (QED) is 0.256. The van der Waals surface area contributed by atoms with Gasteiger partial charge >= 0.3 is 11.9 Å². The summed E-state index contributed by atoms with van der Waals surface area (Å²) in [4.78, 5) is 49.9. The van der Waals surface area contributed by atoms with Crippen LogP contribution >= 0.6 is 11.6 Å². The van der Waals surface area contributed by atoms with Crippen LogP contribution in [0.25, 0.3) is 11.2 Å². The average Bonchev–Trinajstić information content (AvgIpc) is 3.52. The topological polar surface area (TPSA) is 135 Å². The van der Waals surface area contributed by atoms with E-state index in [1.54, 1.807) is 28.8 Å². The van der Waals surface area contributed by atoms with Crippen molar-refractivity contribution in [3.8, 4) is 0 Å². The molecule has 3 atom stereocenters. The van der Waals surface area contributed by atoms with E-state index in [1.807, 2.05) is 38.1 Å². The molecule has 206 valence electrons. The minimum absolute atomic E-state index is 0.00988. The normalized spacial score (nSPS) is 18.4. The van der Waals surface area contributed by atoms with Crippen molar-refractivity contribution in [2.24, 2.45) is 0 Å². The lowest BCUT2D eigenvalue weighted by molar-refractivity contribution is -0.114. The fourth-order valence-electron chi connectivity index (χ4n) is 4.28. The van der Waals surface area contributed by atoms with Crippen LogP contribution in [0.4, 0.5) is 5.95 Å². The number of carbonyl (C=O) groups is 3. The SMILES string of the molecule is CC(=O)Nc1nc(Cl)c2ncn([C@H]3C[C@H](OC(=O)c4ccc(C)cc4)[C@H](COC(=O)c4ccc(C)cc4)O3)c2n1. The number of hydrogen-bond donors (Lipinski definition) is 1. The van der Waals surface area contributed by atoms with E-state index in [0.29, 0.717) is 22.3 Å². The van der Waals surface area contributed by atoms with Crippen LogP contribution in [0, 0.1) is 13.8 Å². The molecule has 1 fully saturated rings. The van der Waals surface area contributed by atoms with E-state index in [1.165, 1.54) is 13.3 Å². The zero-order chi connectivity index (χ0) is 28.4. The number of hydrogen-bond acceptors (Lipinski definition) is 9. The van der Waals surface area contributed by atoms with Gasteiger partial charge < -0.3 is 14.2 Å². The third-order valence-corrected chi connectivity index (χ3v) is 6.63. The van der Waals surface area contributed by atoms with Gasteiger partial charge in [-0.2, -0.15) is 9.97 Å². The van der Waals surface area contributed by atoms with Gasteiger partial charge in [-0.15, -0.1) is 0 Å². The first-order valence-electron chi connectivity index (χ1n) is 12.5. The second-order valence-electron chi connectivity index (χ2n) is 9.48. The summed E-state index contributed by atoms with van der Waals surface area (Å²) in [6.45, 7) is 5.01. The number of imidazole rings is 1. The number of carbonyl (C=O) groups excluding carboxylic acids is 3. The first kappa shape index (κ1) is 27.2. The molecule has 0 radical (unpaired) electrons. The second-order valence-corrected chi connectivity index (χ2v) is 9.84. The fourth-order valence-corrected chi connectivity index (χ4v) is 4.49. The predicted octanol–water partition coefficient (Wildman–Crippen LogP) is 4.43. The smallest absolute Gasteiger partial charge is 0.338 e. The Hall–Kier alpha value is -4.35. The van der Waals surface area contributed by atoms with Crippen LogP contribution in [-0.2, 0) is 19.0 Å². The van der Waals surface area contributed by atoms with Crippen molar-refractivity contribution < 1.29 is 28.6 Å². The molecule has 2 aromatic heterocycles. The standard InChI is InChI=1S/C28H26ClN5O6/c1-15-4-8-18(9-5-15)26(36)38-13-21-20(40-27(37)19-10-6-16(2)7-11-19)12-22(39-21)34-14-30-23-24(29)32-28(31-17(3)35)33-25(23)34/h4-11,14,20-22H,12-13H2,1-3H3,(H,31,32,33,35)/t20-,21-,22+/m0/s1. The Kier molecular flexibility index (Phi) is 7.76. The van der Waals surface area contributed by atoms with Gasteiger partial charge in [-0.1, -0.05) is 47.0 Å². The number of aromatic nitrogens is 4. The van der Waals surface area contributed by atoms with Gasteiger partial charge in [-0.25, -0.2) is 14.6 Å². The largest absolute Gasteiger partial charge is 0.459 e. The summed E-state index contributed by atoms with van der Waals surface area (Å²) < 4.78 is 19.2. The van der Waals surface area contributed by atoms with Gasteiger partial charge in [-0.3, -0.25) is 14.7 Å². The number of nitrogens with zero attached hydrogens (tertiary/aromatic N) is 4. The number of aryl methyl sites for hydroxylation is 2. The maximum absolute atomic E-state index is 13.0. The number of nitrogens with one attached hydrogen (secondary N) is 1. The van der Waals surface area contributed by atoms with Gasteiger partial charge in [0.05, 0.1) is 17.5 Å². The maximum atomic E-state index is 13.0. The zero-order valence-corrected chi connectivity index (χ0v) is 22.7. The molecule has 4 aromatic rings. The van der Waals surface area contributed by atoms with Gasteiger partial charge in [0.2, 0.25) is 11.9 Å². The predicted molar refractivity (Wildman–Crippen MR) is 145 cm³/mol. The van der Waals surface area contributed by atoms with Crippen LogP contribution in [0.3, 0.4) is 0 Å². The molecule has 1 aliphatic rings. The molecule has 2 aromatic carbocycles. The number of esters is 2. The first-order valence-corrected chi connectivity index (χ1v) is 12.9. The van der Waals surface area contributed by atoms with E-state index < -0.39 is 30.4 Å². The summed E-state index contributed by atoms with van der Waals surface area (Å²) in [5.41, 5.74) is 3.42. The van der Waals surface area contributed by atoms with E-state index in [-0.39, 0.29) is 30.0 Å². The Morgan fingerprint density at radius 3 is 2.25 bits per heavy atom. The first-order chi connectivity index (χ1) is 19.2. The molecule has 0 bridgehead atoms. The monoisotopic (exact) mass is 563 g/mol. The lowest BCUT2D eigenvalue weighted by atomic mass is 10.1. The molecule has 0 spiro atoms. The lowest BCUT2D eigenvalue weighted by Gasteiger charge is -2.19. The molecule has 11 nitrogen and oxygen atoms in total. The molecule has 0 unspecified atom stereocenters. The summed E-state index contributed by atoms with van der Waals surface area (Å²) in [7, 11) is 0. The maximum Gasteiger partial charge on any atom is 0.338 e. The minimum Gasteiger partial charge on any atom is -0.459 e. The minimum atomic E-state index is -0.779. The number of halogens is 1. The van der Waals surface area contributed by atoms with Crippen LogP contribution in [-0.4, -0.2) is 56.2 Å². The van der Waals surface area contributed by atoms with Crippen molar-refractivity contribution in [3.63, 3.8) is 0 Å². The van der Waals surface area contributed by atoms with Crippen molar-refractivity contribution in [2.45, 2.75) is 45.6 Å². The molecule has 0 aliphatic carbocycles. The van der Waals surface area contributed by atoms with Gasteiger partial charge in [0.1, 0.15) is 30.6 Å². The molecule has 1 saturated heterocycles. The molecular weight excluding hydrogens is 538 g/mol. The summed E-state index contributed by atoms with van der Waals surface area (Å²) in [6.07, 6.45) is -0.535. The van der Waals surface area contributed by atoms with Crippen molar-refractivity contribution in [1.82, 2.24) is 19.5 Å². The highest BCUT2D eigenvalue weighted by atomic mass is 35.5. The van der Waals surface area contributed by atoms with Gasteiger partial charge in [0.15, 0.2) is 10.8 Å². The Morgan fingerprint density at radius 1 is 1.00 bits per heavy atom. The van der Waals surface area contributed by atoms with Crippen molar-refractivity contribution in [2.75, 3.05) is 11.9 Å². The molecular formula is C28H26ClN5O6. The van der Waals surface area contributed by atoms with Crippen LogP contribution < -0.4 is 5.32 Å². The highest BCUT2D eigenvalue weighted by Crippen LogP contribution is 2.34. The zero-order valence-electron chi connectivity index (χ0n) is 22.0. The van der Waals surface area contributed by atoms with E-state index in [4.69, 9.17) is 25.8 Å². The Bertz CT molecular complexity index is 1570. The Labute approximate surface area is 234 Å². The van der Waals surface area contributed by atoms with E-state index in [9.17, 15) is 14.4 Å². The van der Waals surface area contributed by atoms with Crippen LogP contribution in [0.15, 0.2) is 54.9 Å². The fraction of sp³-hybridized carbons (Fsp3) is 0.286. The highest BCUT2D eigenvalue weighted by Gasteiger charge is 2.41. The number of ether oxygens (including phenoxy) is 3. The van der Waals surface area contributed by atoms with E-state index in [2.05, 4.69) is 20.3 Å². The third-order valence-electron chi connectivity index (χ3n) is 6.37. The number of anilines is 1. The lowest BCUT2D eigenvalue weighted by Crippen LogP contribution is -2.32. The van der Waals surface area contributed by atoms with Gasteiger partial charge in [0.25, 0.3) is 0 Å². The number of rotatable bonds is 7. The summed E-state index contributed by atoms with van der Waals surface area (Å²) in [5, 5.41) is 2.56. The van der Waals surface area contributed by atoms with Crippen LogP contribution in [0.2, 0.25) is 5.15 Å². The second kappa shape index (κ2) is 11.4. The molecule has 1 aliphatic heterocycles. The molecule has 3 heterocycles. The number of fused-ring (bicyclic) bond motifs is 1. The van der Waals surface area contributed by atoms with Crippen LogP contribution in [0.5, 0.6) is 0 Å². The molecule has 40 heavy (non-hydrogen) atoms. The summed E-state index contributed by atoms with van der Waals surface area (Å²) in [6, 6.07) is 14.0. The van der Waals surface area contributed by atoms with E-state index in [0.717, 1.165) is 11.1 Å². The molecule has 1 N–H and O–H groups in total. The van der Waals surface area contributed by atoms with Gasteiger partial charge in [0, 0.05) is 13.3 Å². The average molecular weight is 564 g/mol. The summed E-state index contributed by atoms with van der Waals surface area (Å²) in [5.74, 6) is -1.41. The van der Waals surface area contributed by atoms with Gasteiger partial charge in [-0.05, 0) is 38.1 Å². The third kappa shape index (κ3) is 5.95. The van der Waals surface area contributed by atoms with Crippen LogP contribution in [0.1, 0.15) is 51.4 Å². The molecule has 12 heteroatoms. The highest BCUT2D eigenvalue weighted by molar-refractivity contribution is 6.33. The molecule has 1 amide bonds. The van der Waals surface area contributed by atoms with E-state index >= 15 is 0 Å². The summed E-state index contributed by atoms with van der Waals surface area (Å²) >= 11 is 6.28. The Morgan fingerprint density at radius 2 is 1.62 bits per heavy atom. The molecule has 0 saturated carbocycles.